The van der Waals surface area contributed by atoms with E-state index >= 15 is 0 Å². The van der Waals surface area contributed by atoms with Gasteiger partial charge in [0, 0.05) is 17.3 Å². The van der Waals surface area contributed by atoms with Crippen LogP contribution in [0.1, 0.15) is 22.3 Å². The fraction of sp³-hybridized carbons (Fsp3) is 0.240. The van der Waals surface area contributed by atoms with Gasteiger partial charge in [-0.3, -0.25) is 4.79 Å². The van der Waals surface area contributed by atoms with E-state index in [1.54, 1.807) is 38.1 Å². The summed E-state index contributed by atoms with van der Waals surface area (Å²) in [5, 5.41) is 3.31. The molecule has 168 valence electrons. The molecule has 0 atom stereocenters. The van der Waals surface area contributed by atoms with E-state index in [4.69, 9.17) is 11.6 Å². The van der Waals surface area contributed by atoms with E-state index < -0.39 is 15.9 Å². The van der Waals surface area contributed by atoms with Crippen molar-refractivity contribution in [3.05, 3.63) is 94.0 Å². The number of hydrogen-bond acceptors (Lipinski definition) is 3. The largest absolute Gasteiger partial charge is 0.325 e. The van der Waals surface area contributed by atoms with Crippen LogP contribution in [-0.4, -0.2) is 31.7 Å². The van der Waals surface area contributed by atoms with Crippen LogP contribution in [0, 0.1) is 20.8 Å². The monoisotopic (exact) mass is 470 g/mol. The van der Waals surface area contributed by atoms with Gasteiger partial charge in [-0.1, -0.05) is 59.6 Å². The first kappa shape index (κ1) is 24.0. The quantitative estimate of drug-likeness (QED) is 0.495. The Morgan fingerprint density at radius 1 is 0.938 bits per heavy atom. The molecule has 0 aliphatic heterocycles. The third kappa shape index (κ3) is 5.97. The van der Waals surface area contributed by atoms with Crippen molar-refractivity contribution in [3.8, 4) is 0 Å². The highest BCUT2D eigenvalue weighted by Crippen LogP contribution is 2.26. The van der Waals surface area contributed by atoms with Crippen molar-refractivity contribution >= 4 is 33.2 Å². The van der Waals surface area contributed by atoms with Gasteiger partial charge in [0.05, 0.1) is 11.4 Å². The SMILES string of the molecule is Cc1cc(C)c(S(=O)(=O)N(CCc2ccccc2)CC(=O)Nc2ccc(Cl)cc2)c(C)c1. The summed E-state index contributed by atoms with van der Waals surface area (Å²) in [6.45, 7) is 5.41. The van der Waals surface area contributed by atoms with Crippen molar-refractivity contribution in [1.82, 2.24) is 4.31 Å². The van der Waals surface area contributed by atoms with Crippen LogP contribution in [0.3, 0.4) is 0 Å². The second kappa shape index (κ2) is 10.3. The maximum absolute atomic E-state index is 13.7. The minimum absolute atomic E-state index is 0.188. The molecular formula is C25H27ClN2O3S. The van der Waals surface area contributed by atoms with Gasteiger partial charge < -0.3 is 5.32 Å². The molecule has 0 fully saturated rings. The Bertz CT molecular complexity index is 1170. The molecule has 3 rings (SSSR count). The fourth-order valence-corrected chi connectivity index (χ4v) is 5.71. The van der Waals surface area contributed by atoms with E-state index in [-0.39, 0.29) is 18.0 Å². The van der Waals surface area contributed by atoms with Crippen LogP contribution in [-0.2, 0) is 21.2 Å². The van der Waals surface area contributed by atoms with Crippen molar-refractivity contribution in [2.24, 2.45) is 0 Å². The Kier molecular flexibility index (Phi) is 7.72. The zero-order valence-corrected chi connectivity index (χ0v) is 20.0. The lowest BCUT2D eigenvalue weighted by Crippen LogP contribution is -2.39. The highest BCUT2D eigenvalue weighted by Gasteiger charge is 2.29. The average Bonchev–Trinajstić information content (AvgIpc) is 2.72. The number of carbonyl (C=O) groups is 1. The number of anilines is 1. The third-order valence-corrected chi connectivity index (χ3v) is 7.55. The topological polar surface area (TPSA) is 66.5 Å². The molecular weight excluding hydrogens is 444 g/mol. The second-order valence-corrected chi connectivity index (χ2v) is 10.2. The number of nitrogens with one attached hydrogen (secondary N) is 1. The zero-order chi connectivity index (χ0) is 23.3. The van der Waals surface area contributed by atoms with Crippen LogP contribution in [0.2, 0.25) is 5.02 Å². The Hall–Kier alpha value is -2.67. The van der Waals surface area contributed by atoms with Crippen molar-refractivity contribution in [2.45, 2.75) is 32.1 Å². The first-order valence-corrected chi connectivity index (χ1v) is 12.2. The number of nitrogens with zero attached hydrogens (tertiary/aromatic N) is 1. The molecule has 0 spiro atoms. The molecule has 0 bridgehead atoms. The average molecular weight is 471 g/mol. The number of rotatable bonds is 8. The third-order valence-electron chi connectivity index (χ3n) is 5.14. The molecule has 1 N–H and O–H groups in total. The molecule has 32 heavy (non-hydrogen) atoms. The summed E-state index contributed by atoms with van der Waals surface area (Å²) < 4.78 is 28.6. The van der Waals surface area contributed by atoms with Gasteiger partial charge >= 0.3 is 0 Å². The van der Waals surface area contributed by atoms with Gasteiger partial charge in [0.25, 0.3) is 0 Å². The van der Waals surface area contributed by atoms with E-state index in [0.29, 0.717) is 28.3 Å². The molecule has 0 saturated heterocycles. The van der Waals surface area contributed by atoms with Crippen molar-refractivity contribution < 1.29 is 13.2 Å². The first-order chi connectivity index (χ1) is 15.2. The molecule has 0 unspecified atom stereocenters. The van der Waals surface area contributed by atoms with Gasteiger partial charge in [0.1, 0.15) is 0 Å². The lowest BCUT2D eigenvalue weighted by atomic mass is 10.1. The van der Waals surface area contributed by atoms with Crippen LogP contribution >= 0.6 is 11.6 Å². The minimum Gasteiger partial charge on any atom is -0.325 e. The van der Waals surface area contributed by atoms with Crippen molar-refractivity contribution in [2.75, 3.05) is 18.4 Å². The highest BCUT2D eigenvalue weighted by atomic mass is 35.5. The molecule has 0 aliphatic carbocycles. The molecule has 5 nitrogen and oxygen atoms in total. The Balaban J connectivity index is 1.89. The smallest absolute Gasteiger partial charge is 0.244 e. The van der Waals surface area contributed by atoms with Crippen LogP contribution < -0.4 is 5.32 Å². The summed E-state index contributed by atoms with van der Waals surface area (Å²) in [6.07, 6.45) is 0.498. The van der Waals surface area contributed by atoms with E-state index in [2.05, 4.69) is 5.32 Å². The Morgan fingerprint density at radius 3 is 2.12 bits per heavy atom. The number of carbonyl (C=O) groups excluding carboxylic acids is 1. The van der Waals surface area contributed by atoms with Gasteiger partial charge in [0.15, 0.2) is 0 Å². The minimum atomic E-state index is -3.89. The summed E-state index contributed by atoms with van der Waals surface area (Å²) in [5.41, 5.74) is 3.90. The molecule has 0 heterocycles. The van der Waals surface area contributed by atoms with Crippen LogP contribution in [0.4, 0.5) is 5.69 Å². The van der Waals surface area contributed by atoms with E-state index in [1.807, 2.05) is 49.4 Å². The molecule has 1 amide bonds. The lowest BCUT2D eigenvalue weighted by Gasteiger charge is -2.24. The summed E-state index contributed by atoms with van der Waals surface area (Å²) in [7, 11) is -3.89. The van der Waals surface area contributed by atoms with Gasteiger partial charge in [-0.2, -0.15) is 4.31 Å². The molecule has 0 radical (unpaired) electrons. The molecule has 3 aromatic rings. The summed E-state index contributed by atoms with van der Waals surface area (Å²) >= 11 is 5.90. The Labute approximate surface area is 195 Å². The van der Waals surface area contributed by atoms with E-state index in [0.717, 1.165) is 11.1 Å². The van der Waals surface area contributed by atoms with Crippen LogP contribution in [0.25, 0.3) is 0 Å². The van der Waals surface area contributed by atoms with Crippen molar-refractivity contribution in [1.29, 1.82) is 0 Å². The molecule has 0 aliphatic rings. The number of sulfonamides is 1. The maximum Gasteiger partial charge on any atom is 0.244 e. The normalized spacial score (nSPS) is 11.5. The van der Waals surface area contributed by atoms with Gasteiger partial charge in [-0.25, -0.2) is 8.42 Å². The van der Waals surface area contributed by atoms with Gasteiger partial charge in [-0.15, -0.1) is 0 Å². The van der Waals surface area contributed by atoms with Gasteiger partial charge in [0.2, 0.25) is 15.9 Å². The molecule has 0 saturated carbocycles. The predicted octanol–water partition coefficient (Wildman–Crippen LogP) is 5.14. The Morgan fingerprint density at radius 2 is 1.53 bits per heavy atom. The lowest BCUT2D eigenvalue weighted by molar-refractivity contribution is -0.116. The van der Waals surface area contributed by atoms with E-state index in [1.165, 1.54) is 4.31 Å². The molecule has 7 heteroatoms. The fourth-order valence-electron chi connectivity index (χ4n) is 3.78. The highest BCUT2D eigenvalue weighted by molar-refractivity contribution is 7.89. The van der Waals surface area contributed by atoms with Crippen molar-refractivity contribution in [3.63, 3.8) is 0 Å². The molecule has 0 aromatic heterocycles. The number of halogens is 1. The number of aryl methyl sites for hydroxylation is 3. The standard InChI is InChI=1S/C25H27ClN2O3S/c1-18-15-19(2)25(20(3)16-18)32(30,31)28(14-13-21-7-5-4-6-8-21)17-24(29)27-23-11-9-22(26)10-12-23/h4-12,15-16H,13-14,17H2,1-3H3,(H,27,29). The summed E-state index contributed by atoms with van der Waals surface area (Å²) in [6, 6.07) is 20.0. The maximum atomic E-state index is 13.7. The zero-order valence-electron chi connectivity index (χ0n) is 18.4. The molecule has 3 aromatic carbocycles. The number of hydrogen-bond donors (Lipinski definition) is 1. The summed E-state index contributed by atoms with van der Waals surface area (Å²) in [5.74, 6) is -0.411. The van der Waals surface area contributed by atoms with Crippen LogP contribution in [0.5, 0.6) is 0 Å². The van der Waals surface area contributed by atoms with E-state index in [9.17, 15) is 13.2 Å². The second-order valence-electron chi connectivity index (χ2n) is 7.86. The van der Waals surface area contributed by atoms with Gasteiger partial charge in [-0.05, 0) is 68.1 Å². The predicted molar refractivity (Wildman–Crippen MR) is 130 cm³/mol. The van der Waals surface area contributed by atoms with Crippen LogP contribution in [0.15, 0.2) is 71.6 Å². The number of benzene rings is 3. The summed E-state index contributed by atoms with van der Waals surface area (Å²) in [4.78, 5) is 13.0. The number of amides is 1. The first-order valence-electron chi connectivity index (χ1n) is 10.3.